The quantitative estimate of drug-likeness (QED) is 0.938. The molecule has 6 heteroatoms. The summed E-state index contributed by atoms with van der Waals surface area (Å²) in [5.41, 5.74) is 3.02. The van der Waals surface area contributed by atoms with Crippen molar-refractivity contribution in [3.05, 3.63) is 42.1 Å². The number of carbonyl (C=O) groups is 1. The zero-order valence-corrected chi connectivity index (χ0v) is 14.3. The molecule has 1 fully saturated rings. The summed E-state index contributed by atoms with van der Waals surface area (Å²) in [6, 6.07) is 10.4. The van der Waals surface area contributed by atoms with E-state index >= 15 is 0 Å². The molecule has 2 amide bonds. The third-order valence-electron chi connectivity index (χ3n) is 4.16. The molecule has 3 rings (SSSR count). The average Bonchev–Trinajstić information content (AvgIpc) is 3.22. The van der Waals surface area contributed by atoms with Gasteiger partial charge in [0.05, 0.1) is 5.69 Å². The Labute approximate surface area is 141 Å². The number of thioether (sulfide) groups is 1. The Kier molecular flexibility index (Phi) is 4.91. The van der Waals surface area contributed by atoms with Gasteiger partial charge in [-0.25, -0.2) is 4.79 Å². The summed E-state index contributed by atoms with van der Waals surface area (Å²) < 4.78 is 1.79. The minimum absolute atomic E-state index is 0.0136. The van der Waals surface area contributed by atoms with E-state index in [2.05, 4.69) is 10.4 Å². The summed E-state index contributed by atoms with van der Waals surface area (Å²) in [6.45, 7) is 0.487. The second-order valence-electron chi connectivity index (χ2n) is 5.83. The first kappa shape index (κ1) is 15.9. The zero-order chi connectivity index (χ0) is 16.2. The van der Waals surface area contributed by atoms with E-state index in [4.69, 9.17) is 0 Å². The van der Waals surface area contributed by atoms with Crippen molar-refractivity contribution in [1.82, 2.24) is 20.0 Å². The molecule has 1 aliphatic rings. The van der Waals surface area contributed by atoms with Crippen LogP contribution < -0.4 is 5.32 Å². The molecule has 2 heterocycles. The fourth-order valence-corrected chi connectivity index (χ4v) is 4.06. The van der Waals surface area contributed by atoms with Gasteiger partial charge in [0.2, 0.25) is 0 Å². The highest BCUT2D eigenvalue weighted by Crippen LogP contribution is 2.23. The van der Waals surface area contributed by atoms with Crippen LogP contribution in [0, 0.1) is 0 Å². The molecular weight excluding hydrogens is 308 g/mol. The molecule has 1 aromatic carbocycles. The number of hydrogen-bond donors (Lipinski definition) is 1. The first-order chi connectivity index (χ1) is 11.1. The van der Waals surface area contributed by atoms with Gasteiger partial charge < -0.3 is 10.2 Å². The van der Waals surface area contributed by atoms with Crippen LogP contribution in [0.5, 0.6) is 0 Å². The first-order valence-corrected chi connectivity index (χ1v) is 8.97. The van der Waals surface area contributed by atoms with Gasteiger partial charge in [-0.1, -0.05) is 30.3 Å². The number of aromatic nitrogens is 2. The molecule has 122 valence electrons. The second kappa shape index (κ2) is 7.08. The lowest BCUT2D eigenvalue weighted by molar-refractivity contribution is 0.195. The van der Waals surface area contributed by atoms with Gasteiger partial charge >= 0.3 is 6.03 Å². The van der Waals surface area contributed by atoms with E-state index in [-0.39, 0.29) is 6.03 Å². The number of aryl methyl sites for hydroxylation is 1. The van der Waals surface area contributed by atoms with Crippen LogP contribution >= 0.6 is 11.8 Å². The van der Waals surface area contributed by atoms with Crippen molar-refractivity contribution in [1.29, 1.82) is 0 Å². The molecule has 1 atom stereocenters. The number of carbonyl (C=O) groups excluding carboxylic acids is 1. The number of hydrogen-bond acceptors (Lipinski definition) is 3. The van der Waals surface area contributed by atoms with E-state index in [9.17, 15) is 4.79 Å². The van der Waals surface area contributed by atoms with E-state index in [1.165, 1.54) is 0 Å². The summed E-state index contributed by atoms with van der Waals surface area (Å²) in [7, 11) is 3.78. The maximum Gasteiger partial charge on any atom is 0.317 e. The molecule has 1 N–H and O–H groups in total. The highest BCUT2D eigenvalue weighted by atomic mass is 32.2. The summed E-state index contributed by atoms with van der Waals surface area (Å²) >= 11 is 1.91. The van der Waals surface area contributed by atoms with Crippen LogP contribution in [0.2, 0.25) is 0 Å². The predicted molar refractivity (Wildman–Crippen MR) is 94.4 cm³/mol. The molecule has 1 aliphatic heterocycles. The topological polar surface area (TPSA) is 50.2 Å². The molecule has 23 heavy (non-hydrogen) atoms. The molecule has 0 bridgehead atoms. The number of rotatable bonds is 4. The van der Waals surface area contributed by atoms with Crippen LogP contribution in [-0.4, -0.2) is 45.3 Å². The molecule has 0 unspecified atom stereocenters. The lowest BCUT2D eigenvalue weighted by atomic mass is 10.1. The van der Waals surface area contributed by atoms with Crippen molar-refractivity contribution >= 4 is 17.8 Å². The van der Waals surface area contributed by atoms with Crippen molar-refractivity contribution < 1.29 is 4.79 Å². The summed E-state index contributed by atoms with van der Waals surface area (Å²) in [5, 5.41) is 7.55. The van der Waals surface area contributed by atoms with Gasteiger partial charge in [0.25, 0.3) is 0 Å². The Morgan fingerprint density at radius 1 is 1.43 bits per heavy atom. The molecule has 0 saturated carbocycles. The minimum Gasteiger partial charge on any atom is -0.334 e. The third kappa shape index (κ3) is 3.69. The largest absolute Gasteiger partial charge is 0.334 e. The Hall–Kier alpha value is -1.95. The molecule has 0 aliphatic carbocycles. The molecule has 1 aromatic heterocycles. The van der Waals surface area contributed by atoms with Gasteiger partial charge in [-0.2, -0.15) is 16.9 Å². The van der Waals surface area contributed by atoms with Crippen molar-refractivity contribution in [3.8, 4) is 11.3 Å². The molecule has 1 saturated heterocycles. The van der Waals surface area contributed by atoms with E-state index in [0.29, 0.717) is 12.6 Å². The molecule has 0 radical (unpaired) electrons. The summed E-state index contributed by atoms with van der Waals surface area (Å²) in [4.78, 5) is 14.2. The number of nitrogens with zero attached hydrogens (tertiary/aromatic N) is 3. The highest BCUT2D eigenvalue weighted by Gasteiger charge is 2.23. The SMILES string of the molecule is CN(C(=O)NCc1cn(C)nc1-c1ccccc1)[C@H]1CCSC1. The van der Waals surface area contributed by atoms with Crippen molar-refractivity contribution in [3.63, 3.8) is 0 Å². The average molecular weight is 330 g/mol. The zero-order valence-electron chi connectivity index (χ0n) is 13.5. The Bertz CT molecular complexity index is 664. The number of amides is 2. The standard InChI is InChI=1S/C17H22N4OS/c1-20-11-14(16(19-20)13-6-4-3-5-7-13)10-18-17(22)21(2)15-8-9-23-12-15/h3-7,11,15H,8-10,12H2,1-2H3,(H,18,22)/t15-/m0/s1. The highest BCUT2D eigenvalue weighted by molar-refractivity contribution is 7.99. The predicted octanol–water partition coefficient (Wildman–Crippen LogP) is 2.73. The molecule has 5 nitrogen and oxygen atoms in total. The van der Waals surface area contributed by atoms with Crippen molar-refractivity contribution in [2.24, 2.45) is 7.05 Å². The van der Waals surface area contributed by atoms with E-state index in [1.807, 2.05) is 67.3 Å². The van der Waals surface area contributed by atoms with E-state index < -0.39 is 0 Å². The fraction of sp³-hybridized carbons (Fsp3) is 0.412. The van der Waals surface area contributed by atoms with Crippen molar-refractivity contribution in [2.75, 3.05) is 18.6 Å². The monoisotopic (exact) mass is 330 g/mol. The van der Waals surface area contributed by atoms with E-state index in [1.54, 1.807) is 4.68 Å². The van der Waals surface area contributed by atoms with Gasteiger partial charge in [0.1, 0.15) is 0 Å². The lowest BCUT2D eigenvalue weighted by Crippen LogP contribution is -2.43. The molecular formula is C17H22N4OS. The number of urea groups is 1. The fourth-order valence-electron chi connectivity index (χ4n) is 2.79. The van der Waals surface area contributed by atoms with Gasteiger partial charge in [-0.15, -0.1) is 0 Å². The number of benzene rings is 1. The van der Waals surface area contributed by atoms with Crippen LogP contribution in [0.25, 0.3) is 11.3 Å². The maximum atomic E-state index is 12.3. The van der Waals surface area contributed by atoms with Crippen LogP contribution in [0.3, 0.4) is 0 Å². The van der Waals surface area contributed by atoms with E-state index in [0.717, 1.165) is 34.7 Å². The normalized spacial score (nSPS) is 17.2. The Morgan fingerprint density at radius 2 is 2.22 bits per heavy atom. The van der Waals surface area contributed by atoms with Crippen LogP contribution in [0.15, 0.2) is 36.5 Å². The minimum atomic E-state index is -0.0136. The van der Waals surface area contributed by atoms with Crippen LogP contribution in [0.1, 0.15) is 12.0 Å². The second-order valence-corrected chi connectivity index (χ2v) is 6.98. The Morgan fingerprint density at radius 3 is 2.91 bits per heavy atom. The van der Waals surface area contributed by atoms with Gasteiger partial charge in [-0.3, -0.25) is 4.68 Å². The molecule has 0 spiro atoms. The lowest BCUT2D eigenvalue weighted by Gasteiger charge is -2.24. The van der Waals surface area contributed by atoms with Crippen LogP contribution in [-0.2, 0) is 13.6 Å². The number of nitrogens with one attached hydrogen (secondary N) is 1. The Balaban J connectivity index is 1.67. The van der Waals surface area contributed by atoms with Crippen LogP contribution in [0.4, 0.5) is 4.79 Å². The summed E-state index contributed by atoms with van der Waals surface area (Å²) in [6.07, 6.45) is 3.05. The summed E-state index contributed by atoms with van der Waals surface area (Å²) in [5.74, 6) is 2.18. The molecule has 2 aromatic rings. The van der Waals surface area contributed by atoms with Gasteiger partial charge in [-0.05, 0) is 12.2 Å². The van der Waals surface area contributed by atoms with Gasteiger partial charge in [0.15, 0.2) is 0 Å². The van der Waals surface area contributed by atoms with Crippen molar-refractivity contribution in [2.45, 2.75) is 19.0 Å². The smallest absolute Gasteiger partial charge is 0.317 e. The maximum absolute atomic E-state index is 12.3. The first-order valence-electron chi connectivity index (χ1n) is 7.81. The third-order valence-corrected chi connectivity index (χ3v) is 5.30. The van der Waals surface area contributed by atoms with Gasteiger partial charge in [0, 0.05) is 49.8 Å².